The molecule has 138 valence electrons. The smallest absolute Gasteiger partial charge is 0.257 e. The largest absolute Gasteiger partial charge is 0.298 e. The molecule has 0 bridgehead atoms. The van der Waals surface area contributed by atoms with Crippen molar-refractivity contribution in [3.8, 4) is 21.7 Å². The monoisotopic (exact) mass is 388 g/mol. The second kappa shape index (κ2) is 7.74. The Morgan fingerprint density at radius 1 is 0.893 bits per heavy atom. The highest BCUT2D eigenvalue weighted by Gasteiger charge is 2.17. The van der Waals surface area contributed by atoms with Gasteiger partial charge < -0.3 is 0 Å². The van der Waals surface area contributed by atoms with Crippen LogP contribution < -0.4 is 5.32 Å². The number of rotatable bonds is 4. The van der Waals surface area contributed by atoms with Crippen LogP contribution in [0.25, 0.3) is 21.7 Å². The number of nitrogens with one attached hydrogen (secondary N) is 1. The molecule has 0 spiro atoms. The van der Waals surface area contributed by atoms with Crippen molar-refractivity contribution in [3.05, 3.63) is 95.8 Å². The van der Waals surface area contributed by atoms with Gasteiger partial charge in [0.15, 0.2) is 5.13 Å². The van der Waals surface area contributed by atoms with E-state index in [0.717, 1.165) is 27.3 Å². The number of nitrogens with zero attached hydrogens (tertiary/aromatic N) is 1. The summed E-state index contributed by atoms with van der Waals surface area (Å²) in [5.74, 6) is -0.495. The maximum Gasteiger partial charge on any atom is 0.257 e. The Bertz CT molecular complexity index is 1120. The van der Waals surface area contributed by atoms with E-state index in [0.29, 0.717) is 10.7 Å². The number of halogens is 1. The number of carbonyl (C=O) groups is 1. The lowest BCUT2D eigenvalue weighted by Gasteiger charge is -2.04. The van der Waals surface area contributed by atoms with Crippen LogP contribution in [0.4, 0.5) is 9.52 Å². The molecule has 4 aromatic rings. The van der Waals surface area contributed by atoms with E-state index in [1.165, 1.54) is 23.5 Å². The van der Waals surface area contributed by atoms with Gasteiger partial charge >= 0.3 is 0 Å². The van der Waals surface area contributed by atoms with E-state index in [-0.39, 0.29) is 11.7 Å². The van der Waals surface area contributed by atoms with Gasteiger partial charge in [-0.05, 0) is 48.4 Å². The highest BCUT2D eigenvalue weighted by molar-refractivity contribution is 7.19. The van der Waals surface area contributed by atoms with E-state index < -0.39 is 0 Å². The Morgan fingerprint density at radius 3 is 2.29 bits per heavy atom. The molecule has 4 rings (SSSR count). The van der Waals surface area contributed by atoms with Crippen LogP contribution in [0.15, 0.2) is 78.9 Å². The molecule has 0 unspecified atom stereocenters. The summed E-state index contributed by atoms with van der Waals surface area (Å²) in [5, 5.41) is 3.41. The zero-order valence-electron chi connectivity index (χ0n) is 15.1. The fourth-order valence-corrected chi connectivity index (χ4v) is 3.94. The zero-order chi connectivity index (χ0) is 19.5. The number of benzene rings is 3. The van der Waals surface area contributed by atoms with E-state index >= 15 is 0 Å². The van der Waals surface area contributed by atoms with Crippen LogP contribution in [-0.2, 0) is 0 Å². The van der Waals surface area contributed by atoms with Crippen molar-refractivity contribution in [2.45, 2.75) is 6.92 Å². The zero-order valence-corrected chi connectivity index (χ0v) is 16.0. The topological polar surface area (TPSA) is 42.0 Å². The minimum absolute atomic E-state index is 0.197. The minimum Gasteiger partial charge on any atom is -0.298 e. The fourth-order valence-electron chi connectivity index (χ4n) is 2.95. The first-order valence-electron chi connectivity index (χ1n) is 8.81. The first-order valence-corrected chi connectivity index (χ1v) is 9.62. The van der Waals surface area contributed by atoms with Crippen LogP contribution in [0.1, 0.15) is 15.9 Å². The molecule has 0 aliphatic rings. The second-order valence-corrected chi connectivity index (χ2v) is 7.34. The van der Waals surface area contributed by atoms with Gasteiger partial charge in [0, 0.05) is 11.1 Å². The summed E-state index contributed by atoms with van der Waals surface area (Å²) in [7, 11) is 0. The summed E-state index contributed by atoms with van der Waals surface area (Å²) >= 11 is 1.40. The third-order valence-electron chi connectivity index (χ3n) is 4.39. The average Bonchev–Trinajstić information content (AvgIpc) is 3.13. The number of aromatic nitrogens is 1. The molecule has 28 heavy (non-hydrogen) atoms. The van der Waals surface area contributed by atoms with Gasteiger partial charge in [-0.25, -0.2) is 9.37 Å². The maximum absolute atomic E-state index is 13.4. The van der Waals surface area contributed by atoms with Crippen LogP contribution in [0, 0.1) is 12.7 Å². The van der Waals surface area contributed by atoms with Gasteiger partial charge in [0.25, 0.3) is 5.91 Å². The number of hydrogen-bond donors (Lipinski definition) is 1. The van der Waals surface area contributed by atoms with Crippen molar-refractivity contribution in [2.24, 2.45) is 0 Å². The number of amides is 1. The molecule has 0 fully saturated rings. The van der Waals surface area contributed by atoms with Gasteiger partial charge in [0.2, 0.25) is 0 Å². The predicted octanol–water partition coefficient (Wildman–Crippen LogP) is 6.18. The average molecular weight is 388 g/mol. The first kappa shape index (κ1) is 18.1. The van der Waals surface area contributed by atoms with E-state index in [2.05, 4.69) is 10.3 Å². The SMILES string of the molecule is Cc1ccccc1C(=O)Nc1nc(-c2ccc(F)cc2)c(-c2ccccc2)s1. The fraction of sp³-hybridized carbons (Fsp3) is 0.0435. The molecule has 0 saturated heterocycles. The summed E-state index contributed by atoms with van der Waals surface area (Å²) in [4.78, 5) is 18.2. The first-order chi connectivity index (χ1) is 13.6. The van der Waals surface area contributed by atoms with Gasteiger partial charge in [-0.2, -0.15) is 0 Å². The third-order valence-corrected chi connectivity index (χ3v) is 5.41. The summed E-state index contributed by atoms with van der Waals surface area (Å²) in [6.45, 7) is 1.90. The number of anilines is 1. The van der Waals surface area contributed by atoms with E-state index in [9.17, 15) is 9.18 Å². The van der Waals surface area contributed by atoms with Gasteiger partial charge in [-0.1, -0.05) is 59.9 Å². The van der Waals surface area contributed by atoms with Crippen LogP contribution in [0.2, 0.25) is 0 Å². The molecule has 0 atom stereocenters. The van der Waals surface area contributed by atoms with Crippen LogP contribution in [-0.4, -0.2) is 10.9 Å². The summed E-state index contributed by atoms with van der Waals surface area (Å²) in [6.07, 6.45) is 0. The molecule has 0 aliphatic carbocycles. The highest BCUT2D eigenvalue weighted by atomic mass is 32.1. The van der Waals surface area contributed by atoms with Crippen molar-refractivity contribution in [3.63, 3.8) is 0 Å². The van der Waals surface area contributed by atoms with Gasteiger partial charge in [-0.15, -0.1) is 0 Å². The van der Waals surface area contributed by atoms with Crippen molar-refractivity contribution < 1.29 is 9.18 Å². The molecule has 1 amide bonds. The Hall–Kier alpha value is -3.31. The quantitative estimate of drug-likeness (QED) is 0.454. The normalized spacial score (nSPS) is 10.6. The van der Waals surface area contributed by atoms with Gasteiger partial charge in [0.1, 0.15) is 5.82 Å². The lowest BCUT2D eigenvalue weighted by Crippen LogP contribution is -2.12. The number of thiazole rings is 1. The van der Waals surface area contributed by atoms with Crippen LogP contribution in [0.5, 0.6) is 0 Å². The molecule has 0 saturated carbocycles. The molecule has 1 heterocycles. The highest BCUT2D eigenvalue weighted by Crippen LogP contribution is 2.39. The lowest BCUT2D eigenvalue weighted by atomic mass is 10.1. The van der Waals surface area contributed by atoms with Gasteiger partial charge in [-0.3, -0.25) is 10.1 Å². The van der Waals surface area contributed by atoms with Crippen molar-refractivity contribution >= 4 is 22.4 Å². The number of carbonyl (C=O) groups excluding carboxylic acids is 1. The molecule has 0 aliphatic heterocycles. The second-order valence-electron chi connectivity index (χ2n) is 6.34. The molecule has 1 aromatic heterocycles. The molecule has 1 N–H and O–H groups in total. The van der Waals surface area contributed by atoms with Crippen molar-refractivity contribution in [2.75, 3.05) is 5.32 Å². The Morgan fingerprint density at radius 2 is 1.57 bits per heavy atom. The summed E-state index contributed by atoms with van der Waals surface area (Å²) in [5.41, 5.74) is 4.03. The van der Waals surface area contributed by atoms with Crippen molar-refractivity contribution in [1.82, 2.24) is 4.98 Å². The van der Waals surface area contributed by atoms with E-state index in [4.69, 9.17) is 0 Å². The molecular formula is C23H17FN2OS. The minimum atomic E-state index is -0.298. The molecule has 0 radical (unpaired) electrons. The predicted molar refractivity (Wildman–Crippen MR) is 112 cm³/mol. The van der Waals surface area contributed by atoms with Crippen LogP contribution in [0.3, 0.4) is 0 Å². The standard InChI is InChI=1S/C23H17FN2OS/c1-15-7-5-6-10-19(15)22(27)26-23-25-20(16-11-13-18(24)14-12-16)21(28-23)17-8-3-2-4-9-17/h2-14H,1H3,(H,25,26,27). The molecular weight excluding hydrogens is 371 g/mol. The Balaban J connectivity index is 1.74. The van der Waals surface area contributed by atoms with E-state index in [1.807, 2.05) is 55.5 Å². The summed E-state index contributed by atoms with van der Waals surface area (Å²) < 4.78 is 13.4. The number of aryl methyl sites for hydroxylation is 1. The Labute approximate surface area is 166 Å². The maximum atomic E-state index is 13.4. The molecule has 3 nitrogen and oxygen atoms in total. The van der Waals surface area contributed by atoms with Crippen molar-refractivity contribution in [1.29, 1.82) is 0 Å². The number of hydrogen-bond acceptors (Lipinski definition) is 3. The lowest BCUT2D eigenvalue weighted by molar-refractivity contribution is 0.102. The Kier molecular flexibility index (Phi) is 5.00. The molecule has 3 aromatic carbocycles. The van der Waals surface area contributed by atoms with Gasteiger partial charge in [0.05, 0.1) is 10.6 Å². The van der Waals surface area contributed by atoms with Crippen LogP contribution >= 0.6 is 11.3 Å². The van der Waals surface area contributed by atoms with E-state index in [1.54, 1.807) is 18.2 Å². The summed E-state index contributed by atoms with van der Waals surface area (Å²) in [6, 6.07) is 23.5. The molecule has 5 heteroatoms. The third kappa shape index (κ3) is 3.70.